The largest absolute Gasteiger partial charge is 0.497 e. The number of methoxy groups -OCH3 is 1. The van der Waals surface area contributed by atoms with Gasteiger partial charge in [-0.3, -0.25) is 0 Å². The maximum atomic E-state index is 12.3. The molecular weight excluding hydrogens is 359 g/mol. The molecule has 8 heteroatoms. The average Bonchev–Trinajstić information content (AvgIpc) is 2.36. The fraction of sp³-hybridized carbons (Fsp3) is 0.0769. The molecule has 0 spiro atoms. The van der Waals surface area contributed by atoms with Crippen LogP contribution in [0.1, 0.15) is 0 Å². The van der Waals surface area contributed by atoms with E-state index in [-0.39, 0.29) is 25.7 Å². The fourth-order valence-electron chi connectivity index (χ4n) is 1.59. The standard InChI is InChI=1S/C13H9Cl3O4S/c1-19-9-3-2-4-10(7-9)20-21(17,18)13-11(15)5-8(14)6-12(13)16/h2-7H,1H3. The molecule has 0 fully saturated rings. The predicted octanol–water partition coefficient (Wildman–Crippen LogP) is 4.42. The first-order chi connectivity index (χ1) is 9.83. The van der Waals surface area contributed by atoms with E-state index >= 15 is 0 Å². The van der Waals surface area contributed by atoms with E-state index in [9.17, 15) is 8.42 Å². The van der Waals surface area contributed by atoms with Crippen molar-refractivity contribution in [3.63, 3.8) is 0 Å². The lowest BCUT2D eigenvalue weighted by Gasteiger charge is -2.11. The maximum Gasteiger partial charge on any atom is 0.342 e. The Kier molecular flexibility index (Phi) is 4.88. The van der Waals surface area contributed by atoms with Gasteiger partial charge < -0.3 is 8.92 Å². The predicted molar refractivity (Wildman–Crippen MR) is 82.3 cm³/mol. The fourth-order valence-corrected chi connectivity index (χ4v) is 4.01. The summed E-state index contributed by atoms with van der Waals surface area (Å²) in [7, 11) is -2.74. The summed E-state index contributed by atoms with van der Waals surface area (Å²) in [5, 5.41) is -0.00359. The van der Waals surface area contributed by atoms with Crippen molar-refractivity contribution in [1.29, 1.82) is 0 Å². The molecular formula is C13H9Cl3O4S. The number of hydrogen-bond acceptors (Lipinski definition) is 4. The van der Waals surface area contributed by atoms with Crippen LogP contribution in [-0.4, -0.2) is 15.5 Å². The number of rotatable bonds is 4. The molecule has 0 bridgehead atoms. The second-order valence-electron chi connectivity index (χ2n) is 3.91. The van der Waals surface area contributed by atoms with Gasteiger partial charge in [-0.1, -0.05) is 40.9 Å². The topological polar surface area (TPSA) is 52.6 Å². The van der Waals surface area contributed by atoms with E-state index in [1.807, 2.05) is 0 Å². The summed E-state index contributed by atoms with van der Waals surface area (Å²) in [6, 6.07) is 8.69. The van der Waals surface area contributed by atoms with Gasteiger partial charge in [0, 0.05) is 11.1 Å². The van der Waals surface area contributed by atoms with Crippen molar-refractivity contribution in [3.05, 3.63) is 51.5 Å². The molecule has 0 aliphatic heterocycles. The average molecular weight is 368 g/mol. The Morgan fingerprint density at radius 3 is 2.10 bits per heavy atom. The lowest BCUT2D eigenvalue weighted by Crippen LogP contribution is -2.11. The monoisotopic (exact) mass is 366 g/mol. The van der Waals surface area contributed by atoms with Gasteiger partial charge in [0.25, 0.3) is 0 Å². The first-order valence-electron chi connectivity index (χ1n) is 5.56. The molecule has 0 aliphatic rings. The van der Waals surface area contributed by atoms with Crippen molar-refractivity contribution in [2.24, 2.45) is 0 Å². The maximum absolute atomic E-state index is 12.3. The zero-order valence-corrected chi connectivity index (χ0v) is 13.7. The van der Waals surface area contributed by atoms with Crippen LogP contribution >= 0.6 is 34.8 Å². The molecule has 0 amide bonds. The number of hydrogen-bond donors (Lipinski definition) is 0. The van der Waals surface area contributed by atoms with Gasteiger partial charge >= 0.3 is 10.1 Å². The third kappa shape index (κ3) is 3.74. The summed E-state index contributed by atoms with van der Waals surface area (Å²) in [6.07, 6.45) is 0. The molecule has 0 saturated heterocycles. The highest BCUT2D eigenvalue weighted by atomic mass is 35.5. The van der Waals surface area contributed by atoms with Gasteiger partial charge in [-0.25, -0.2) is 0 Å². The molecule has 2 aromatic carbocycles. The highest BCUT2D eigenvalue weighted by Crippen LogP contribution is 2.34. The van der Waals surface area contributed by atoms with E-state index in [4.69, 9.17) is 43.7 Å². The van der Waals surface area contributed by atoms with Crippen molar-refractivity contribution in [2.75, 3.05) is 7.11 Å². The van der Waals surface area contributed by atoms with Gasteiger partial charge in [-0.15, -0.1) is 0 Å². The molecule has 0 unspecified atom stereocenters. The summed E-state index contributed by atoms with van der Waals surface area (Å²) in [5.74, 6) is 0.535. The zero-order valence-electron chi connectivity index (χ0n) is 10.6. The van der Waals surface area contributed by atoms with Crippen LogP contribution in [-0.2, 0) is 10.1 Å². The zero-order chi connectivity index (χ0) is 15.6. The second kappa shape index (κ2) is 6.32. The van der Waals surface area contributed by atoms with E-state index in [0.717, 1.165) is 0 Å². The Morgan fingerprint density at radius 1 is 0.952 bits per heavy atom. The molecule has 2 aromatic rings. The van der Waals surface area contributed by atoms with Crippen LogP contribution in [0.2, 0.25) is 15.1 Å². The number of halogens is 3. The molecule has 112 valence electrons. The van der Waals surface area contributed by atoms with E-state index < -0.39 is 10.1 Å². The van der Waals surface area contributed by atoms with Crippen LogP contribution in [0.5, 0.6) is 11.5 Å². The van der Waals surface area contributed by atoms with E-state index in [1.54, 1.807) is 12.1 Å². The molecule has 4 nitrogen and oxygen atoms in total. The third-order valence-corrected chi connectivity index (χ3v) is 4.85. The minimum absolute atomic E-state index is 0.0800. The van der Waals surface area contributed by atoms with Crippen molar-refractivity contribution in [1.82, 2.24) is 0 Å². The van der Waals surface area contributed by atoms with Gasteiger partial charge in [-0.2, -0.15) is 8.42 Å². The van der Waals surface area contributed by atoms with Crippen LogP contribution in [0.15, 0.2) is 41.3 Å². The summed E-state index contributed by atoms with van der Waals surface area (Å²) < 4.78 is 34.6. The minimum atomic E-state index is -4.19. The van der Waals surface area contributed by atoms with Crippen LogP contribution in [0.25, 0.3) is 0 Å². The number of benzene rings is 2. The molecule has 0 aliphatic carbocycles. The highest BCUT2D eigenvalue weighted by Gasteiger charge is 2.25. The van der Waals surface area contributed by atoms with E-state index in [1.165, 1.54) is 31.4 Å². The molecule has 0 saturated carbocycles. The normalized spacial score (nSPS) is 11.2. The first-order valence-corrected chi connectivity index (χ1v) is 8.11. The Labute approximate surface area is 137 Å². The highest BCUT2D eigenvalue weighted by molar-refractivity contribution is 7.87. The van der Waals surface area contributed by atoms with Gasteiger partial charge in [0.05, 0.1) is 17.2 Å². The number of ether oxygens (including phenoxy) is 1. The Hall–Kier alpha value is -1.14. The lowest BCUT2D eigenvalue weighted by molar-refractivity contribution is 0.411. The summed E-state index contributed by atoms with van der Waals surface area (Å²) >= 11 is 17.5. The SMILES string of the molecule is COc1cccc(OS(=O)(=O)c2c(Cl)cc(Cl)cc2Cl)c1. The van der Waals surface area contributed by atoms with E-state index in [0.29, 0.717) is 5.75 Å². The quantitative estimate of drug-likeness (QED) is 0.751. The van der Waals surface area contributed by atoms with Gasteiger partial charge in [0.2, 0.25) is 0 Å². The lowest BCUT2D eigenvalue weighted by atomic mass is 10.3. The van der Waals surface area contributed by atoms with Crippen molar-refractivity contribution in [3.8, 4) is 11.5 Å². The van der Waals surface area contributed by atoms with Crippen LogP contribution in [0, 0.1) is 0 Å². The summed E-state index contributed by atoms with van der Waals surface area (Å²) in [5.41, 5.74) is 0. The molecule has 0 N–H and O–H groups in total. The van der Waals surface area contributed by atoms with Gasteiger partial charge in [0.1, 0.15) is 16.4 Å². The van der Waals surface area contributed by atoms with Crippen molar-refractivity contribution < 1.29 is 17.3 Å². The van der Waals surface area contributed by atoms with Gasteiger partial charge in [-0.05, 0) is 24.3 Å². The molecule has 2 rings (SSSR count). The molecule has 0 atom stereocenters. The smallest absolute Gasteiger partial charge is 0.342 e. The second-order valence-corrected chi connectivity index (χ2v) is 6.65. The van der Waals surface area contributed by atoms with Crippen LogP contribution in [0.3, 0.4) is 0 Å². The Bertz CT molecular complexity index is 752. The van der Waals surface area contributed by atoms with Crippen molar-refractivity contribution in [2.45, 2.75) is 4.90 Å². The minimum Gasteiger partial charge on any atom is -0.497 e. The Morgan fingerprint density at radius 2 is 1.52 bits per heavy atom. The molecule has 0 radical (unpaired) electrons. The van der Waals surface area contributed by atoms with Crippen LogP contribution < -0.4 is 8.92 Å². The third-order valence-electron chi connectivity index (χ3n) is 2.46. The first kappa shape index (κ1) is 16.2. The van der Waals surface area contributed by atoms with E-state index in [2.05, 4.69) is 0 Å². The summed E-state index contributed by atoms with van der Waals surface area (Å²) in [6.45, 7) is 0. The molecule has 0 heterocycles. The van der Waals surface area contributed by atoms with Gasteiger partial charge in [0.15, 0.2) is 0 Å². The van der Waals surface area contributed by atoms with Crippen LogP contribution in [0.4, 0.5) is 0 Å². The van der Waals surface area contributed by atoms with Crippen molar-refractivity contribution >= 4 is 44.9 Å². The summed E-state index contributed by atoms with van der Waals surface area (Å²) in [4.78, 5) is -0.335. The molecule has 0 aromatic heterocycles. The molecule has 21 heavy (non-hydrogen) atoms. The Balaban J connectivity index is 2.43.